The maximum Gasteiger partial charge on any atom is 0.416 e. The van der Waals surface area contributed by atoms with E-state index in [1.54, 1.807) is 26.0 Å². The number of nitrogens with one attached hydrogen (secondary N) is 3. The number of hydrogen-bond acceptors (Lipinski definition) is 8. The Kier molecular flexibility index (Phi) is 9.38. The molecular formula is C29H27F3N4O7. The summed E-state index contributed by atoms with van der Waals surface area (Å²) < 4.78 is 60.6. The lowest BCUT2D eigenvalue weighted by Gasteiger charge is -2.28. The fourth-order valence-corrected chi connectivity index (χ4v) is 4.18. The van der Waals surface area contributed by atoms with Crippen molar-refractivity contribution in [1.29, 1.82) is 0 Å². The second kappa shape index (κ2) is 13.1. The molecule has 4 rings (SSSR count). The number of amides is 3. The molecule has 1 aromatic heterocycles. The van der Waals surface area contributed by atoms with E-state index in [-0.39, 0.29) is 40.8 Å². The number of halogens is 3. The van der Waals surface area contributed by atoms with Gasteiger partial charge < -0.3 is 29.3 Å². The van der Waals surface area contributed by atoms with Crippen LogP contribution in [0.4, 0.5) is 18.0 Å². The third-order valence-electron chi connectivity index (χ3n) is 6.13. The van der Waals surface area contributed by atoms with Crippen molar-refractivity contribution in [2.45, 2.75) is 26.1 Å². The molecule has 0 saturated carbocycles. The number of benzene rings is 2. The zero-order valence-corrected chi connectivity index (χ0v) is 23.2. The molecule has 0 saturated heterocycles. The van der Waals surface area contributed by atoms with E-state index in [1.807, 2.05) is 0 Å². The van der Waals surface area contributed by atoms with Crippen molar-refractivity contribution in [3.05, 3.63) is 82.8 Å². The second-order valence-corrected chi connectivity index (χ2v) is 9.06. The third kappa shape index (κ3) is 7.52. The predicted octanol–water partition coefficient (Wildman–Crippen LogP) is 4.69. The Morgan fingerprint density at radius 3 is 2.63 bits per heavy atom. The SMILES string of the molecule is CCOC(=O)C1=C(C)NC(=O)N[C@@H]1c1ccc(OCC(=O)N/N=C\c2ccc(-c3cccc(C(F)(F)F)c3)o2)c(OC)c1. The van der Waals surface area contributed by atoms with E-state index >= 15 is 0 Å². The number of esters is 1. The van der Waals surface area contributed by atoms with E-state index in [1.165, 1.54) is 43.7 Å². The van der Waals surface area contributed by atoms with Gasteiger partial charge in [-0.05, 0) is 55.8 Å². The number of methoxy groups -OCH3 is 1. The fraction of sp³-hybridized carbons (Fsp3) is 0.241. The first kappa shape index (κ1) is 30.7. The van der Waals surface area contributed by atoms with Crippen LogP contribution in [0.15, 0.2) is 75.4 Å². The maximum atomic E-state index is 13.0. The van der Waals surface area contributed by atoms with Crippen LogP contribution in [0.3, 0.4) is 0 Å². The number of hydrazone groups is 1. The van der Waals surface area contributed by atoms with Crippen molar-refractivity contribution in [2.75, 3.05) is 20.3 Å². The Morgan fingerprint density at radius 1 is 1.12 bits per heavy atom. The summed E-state index contributed by atoms with van der Waals surface area (Å²) in [6.07, 6.45) is -3.30. The molecule has 43 heavy (non-hydrogen) atoms. The van der Waals surface area contributed by atoms with Crippen LogP contribution in [0.25, 0.3) is 11.3 Å². The van der Waals surface area contributed by atoms with Gasteiger partial charge in [-0.2, -0.15) is 18.3 Å². The van der Waals surface area contributed by atoms with Gasteiger partial charge in [-0.1, -0.05) is 18.2 Å². The van der Waals surface area contributed by atoms with E-state index in [0.29, 0.717) is 11.3 Å². The first-order chi connectivity index (χ1) is 20.5. The summed E-state index contributed by atoms with van der Waals surface area (Å²) in [7, 11) is 1.39. The van der Waals surface area contributed by atoms with Crippen molar-refractivity contribution in [3.8, 4) is 22.8 Å². The van der Waals surface area contributed by atoms with E-state index < -0.39 is 42.3 Å². The van der Waals surface area contributed by atoms with Crippen LogP contribution in [0, 0.1) is 0 Å². The van der Waals surface area contributed by atoms with Gasteiger partial charge in [0.05, 0.1) is 37.1 Å². The molecule has 0 bridgehead atoms. The molecule has 11 nitrogen and oxygen atoms in total. The van der Waals surface area contributed by atoms with E-state index in [9.17, 15) is 27.6 Å². The summed E-state index contributed by atoms with van der Waals surface area (Å²) in [5.41, 5.74) is 2.79. The van der Waals surface area contributed by atoms with Crippen LogP contribution >= 0.6 is 0 Å². The summed E-state index contributed by atoms with van der Waals surface area (Å²) in [6.45, 7) is 2.97. The highest BCUT2D eigenvalue weighted by atomic mass is 19.4. The Hall–Kier alpha value is -5.27. The van der Waals surface area contributed by atoms with Gasteiger partial charge in [-0.3, -0.25) is 4.79 Å². The topological polar surface area (TPSA) is 140 Å². The van der Waals surface area contributed by atoms with Gasteiger partial charge in [-0.15, -0.1) is 0 Å². The zero-order valence-electron chi connectivity index (χ0n) is 23.2. The fourth-order valence-electron chi connectivity index (χ4n) is 4.18. The Bertz CT molecular complexity index is 1580. The quantitative estimate of drug-likeness (QED) is 0.174. The molecule has 2 aromatic carbocycles. The number of alkyl halides is 3. The highest BCUT2D eigenvalue weighted by molar-refractivity contribution is 5.95. The highest BCUT2D eigenvalue weighted by Gasteiger charge is 2.33. The normalized spacial score (nSPS) is 15.1. The number of allylic oxidation sites excluding steroid dienone is 1. The molecule has 2 heterocycles. The van der Waals surface area contributed by atoms with E-state index in [2.05, 4.69) is 21.2 Å². The van der Waals surface area contributed by atoms with Crippen LogP contribution in [-0.2, 0) is 20.5 Å². The third-order valence-corrected chi connectivity index (χ3v) is 6.13. The van der Waals surface area contributed by atoms with Gasteiger partial charge >= 0.3 is 18.2 Å². The molecule has 226 valence electrons. The van der Waals surface area contributed by atoms with Crippen LogP contribution in [-0.4, -0.2) is 44.4 Å². The molecular weight excluding hydrogens is 573 g/mol. The number of carbonyl (C=O) groups excluding carboxylic acids is 3. The number of nitrogens with zero attached hydrogens (tertiary/aromatic N) is 1. The lowest BCUT2D eigenvalue weighted by Crippen LogP contribution is -2.45. The Morgan fingerprint density at radius 2 is 1.91 bits per heavy atom. The van der Waals surface area contributed by atoms with Crippen molar-refractivity contribution in [1.82, 2.24) is 16.1 Å². The monoisotopic (exact) mass is 600 g/mol. The molecule has 0 fully saturated rings. The molecule has 0 spiro atoms. The molecule has 3 N–H and O–H groups in total. The number of rotatable bonds is 10. The van der Waals surface area contributed by atoms with Gasteiger partial charge in [0.15, 0.2) is 18.1 Å². The van der Waals surface area contributed by atoms with E-state index in [0.717, 1.165) is 12.1 Å². The van der Waals surface area contributed by atoms with Gasteiger partial charge in [0.2, 0.25) is 0 Å². The minimum Gasteiger partial charge on any atom is -0.493 e. The molecule has 0 radical (unpaired) electrons. The molecule has 1 aliphatic rings. The largest absolute Gasteiger partial charge is 0.493 e. The summed E-state index contributed by atoms with van der Waals surface area (Å²) in [5.74, 6) is -0.374. The molecule has 0 unspecified atom stereocenters. The van der Waals surface area contributed by atoms with Gasteiger partial charge in [0, 0.05) is 11.3 Å². The molecule has 3 amide bonds. The van der Waals surface area contributed by atoms with Gasteiger partial charge in [0.1, 0.15) is 11.5 Å². The first-order valence-corrected chi connectivity index (χ1v) is 12.9. The molecule has 3 aromatic rings. The predicted molar refractivity (Wildman–Crippen MR) is 147 cm³/mol. The van der Waals surface area contributed by atoms with Crippen LogP contribution in [0.2, 0.25) is 0 Å². The molecule has 1 aliphatic heterocycles. The zero-order chi connectivity index (χ0) is 31.1. The number of carbonyl (C=O) groups is 3. The van der Waals surface area contributed by atoms with Crippen LogP contribution < -0.4 is 25.5 Å². The lowest BCUT2D eigenvalue weighted by molar-refractivity contribution is -0.139. The van der Waals surface area contributed by atoms with Crippen LogP contribution in [0.1, 0.15) is 36.8 Å². The van der Waals surface area contributed by atoms with Crippen molar-refractivity contribution in [2.24, 2.45) is 5.10 Å². The standard InChI is InChI=1S/C29H27F3N4O7/c1-4-41-27(38)25-16(2)34-28(39)35-26(25)18-8-10-22(23(13-18)40-3)42-15-24(37)36-33-14-20-9-11-21(43-20)17-6-5-7-19(12-17)29(30,31)32/h5-14,26H,4,15H2,1-3H3,(H,36,37)(H2,34,35,39)/b33-14-/t26-/m1/s1. The van der Waals surface area contributed by atoms with Crippen LogP contribution in [0.5, 0.6) is 11.5 Å². The second-order valence-electron chi connectivity index (χ2n) is 9.06. The average molecular weight is 601 g/mol. The highest BCUT2D eigenvalue weighted by Crippen LogP contribution is 2.35. The number of ether oxygens (including phenoxy) is 3. The van der Waals surface area contributed by atoms with Gasteiger partial charge in [-0.25, -0.2) is 15.0 Å². The number of urea groups is 1. The summed E-state index contributed by atoms with van der Waals surface area (Å²) in [6, 6.07) is 11.1. The Labute approximate surface area is 243 Å². The van der Waals surface area contributed by atoms with Crippen molar-refractivity contribution >= 4 is 24.1 Å². The maximum absolute atomic E-state index is 13.0. The minimum absolute atomic E-state index is 0.154. The van der Waals surface area contributed by atoms with Crippen molar-refractivity contribution in [3.63, 3.8) is 0 Å². The van der Waals surface area contributed by atoms with E-state index in [4.69, 9.17) is 18.6 Å². The van der Waals surface area contributed by atoms with Gasteiger partial charge in [0.25, 0.3) is 5.91 Å². The van der Waals surface area contributed by atoms with Crippen molar-refractivity contribution < 1.29 is 46.2 Å². The molecule has 0 aliphatic carbocycles. The summed E-state index contributed by atoms with van der Waals surface area (Å²) in [4.78, 5) is 37.0. The number of hydrogen-bond donors (Lipinski definition) is 3. The summed E-state index contributed by atoms with van der Waals surface area (Å²) >= 11 is 0. The average Bonchev–Trinajstić information content (AvgIpc) is 3.44. The smallest absolute Gasteiger partial charge is 0.416 e. The lowest BCUT2D eigenvalue weighted by atomic mass is 9.95. The number of furan rings is 1. The Balaban J connectivity index is 1.37. The minimum atomic E-state index is -4.49. The molecule has 14 heteroatoms. The summed E-state index contributed by atoms with van der Waals surface area (Å²) in [5, 5.41) is 9.03. The first-order valence-electron chi connectivity index (χ1n) is 12.9. The molecule has 1 atom stereocenters.